The van der Waals surface area contributed by atoms with Gasteiger partial charge in [0.15, 0.2) is 11.6 Å². The lowest BCUT2D eigenvalue weighted by atomic mass is 10.1. The van der Waals surface area contributed by atoms with E-state index in [0.29, 0.717) is 23.3 Å². The SMILES string of the molecule is CCCc1c(NN)nc(Nc2ccccc2OC)nc1NN. The molecule has 0 bridgehead atoms. The number of rotatable bonds is 7. The van der Waals surface area contributed by atoms with Crippen molar-refractivity contribution in [3.63, 3.8) is 0 Å². The summed E-state index contributed by atoms with van der Waals surface area (Å²) in [6.45, 7) is 2.06. The van der Waals surface area contributed by atoms with Crippen LogP contribution in [0.1, 0.15) is 18.9 Å². The highest BCUT2D eigenvalue weighted by molar-refractivity contribution is 5.66. The van der Waals surface area contributed by atoms with Crippen LogP contribution < -0.4 is 32.6 Å². The van der Waals surface area contributed by atoms with E-state index >= 15 is 0 Å². The number of ether oxygens (including phenoxy) is 1. The molecule has 0 atom stereocenters. The van der Waals surface area contributed by atoms with Crippen LogP contribution in [0.5, 0.6) is 5.75 Å². The zero-order valence-electron chi connectivity index (χ0n) is 12.7. The van der Waals surface area contributed by atoms with Crippen molar-refractivity contribution in [2.75, 3.05) is 23.3 Å². The summed E-state index contributed by atoms with van der Waals surface area (Å²) in [7, 11) is 1.60. The number of para-hydroxylation sites is 2. The summed E-state index contributed by atoms with van der Waals surface area (Å²) in [5.41, 5.74) is 6.78. The van der Waals surface area contributed by atoms with Crippen LogP contribution in [0, 0.1) is 0 Å². The van der Waals surface area contributed by atoms with E-state index in [1.807, 2.05) is 24.3 Å². The predicted octanol–water partition coefficient (Wildman–Crippen LogP) is 1.75. The Morgan fingerprint density at radius 2 is 1.73 bits per heavy atom. The molecule has 0 radical (unpaired) electrons. The highest BCUT2D eigenvalue weighted by Crippen LogP contribution is 2.28. The molecule has 0 fully saturated rings. The van der Waals surface area contributed by atoms with Gasteiger partial charge < -0.3 is 20.9 Å². The van der Waals surface area contributed by atoms with Gasteiger partial charge in [0.05, 0.1) is 12.8 Å². The standard InChI is InChI=1S/C14H21N7O/c1-3-6-9-12(20-15)18-14(19-13(9)21-16)17-10-7-4-5-8-11(10)22-2/h4-5,7-8H,3,6,15-16H2,1-2H3,(H3,17,18,19,20,21). The quantitative estimate of drug-likeness (QED) is 0.387. The maximum absolute atomic E-state index is 5.56. The van der Waals surface area contributed by atoms with Gasteiger partial charge in [-0.3, -0.25) is 0 Å². The number of benzene rings is 1. The molecule has 2 aromatic rings. The Kier molecular flexibility index (Phi) is 5.34. The average Bonchev–Trinajstić information content (AvgIpc) is 2.56. The van der Waals surface area contributed by atoms with Crippen LogP contribution in [-0.2, 0) is 6.42 Å². The summed E-state index contributed by atoms with van der Waals surface area (Å²) < 4.78 is 5.29. The number of nitrogens with one attached hydrogen (secondary N) is 3. The van der Waals surface area contributed by atoms with Crippen LogP contribution in [0.15, 0.2) is 24.3 Å². The van der Waals surface area contributed by atoms with Crippen LogP contribution >= 0.6 is 0 Å². The monoisotopic (exact) mass is 303 g/mol. The van der Waals surface area contributed by atoms with Gasteiger partial charge in [0.2, 0.25) is 5.95 Å². The third-order valence-corrected chi connectivity index (χ3v) is 3.13. The fourth-order valence-corrected chi connectivity index (χ4v) is 2.13. The van der Waals surface area contributed by atoms with Crippen molar-refractivity contribution in [2.24, 2.45) is 11.7 Å². The summed E-state index contributed by atoms with van der Waals surface area (Å²) in [4.78, 5) is 8.76. The molecule has 7 N–H and O–H groups in total. The second-order valence-electron chi connectivity index (χ2n) is 4.59. The predicted molar refractivity (Wildman–Crippen MR) is 87.9 cm³/mol. The summed E-state index contributed by atoms with van der Waals surface area (Å²) in [6, 6.07) is 7.49. The first-order valence-electron chi connectivity index (χ1n) is 6.97. The van der Waals surface area contributed by atoms with Gasteiger partial charge in [-0.2, -0.15) is 9.97 Å². The molecule has 0 saturated carbocycles. The largest absolute Gasteiger partial charge is 0.495 e. The van der Waals surface area contributed by atoms with Crippen molar-refractivity contribution in [1.82, 2.24) is 9.97 Å². The maximum atomic E-state index is 5.56. The minimum absolute atomic E-state index is 0.366. The minimum Gasteiger partial charge on any atom is -0.495 e. The first-order chi connectivity index (χ1) is 10.7. The Bertz CT molecular complexity index is 607. The lowest BCUT2D eigenvalue weighted by Gasteiger charge is -2.15. The molecule has 0 amide bonds. The van der Waals surface area contributed by atoms with Crippen LogP contribution in [0.2, 0.25) is 0 Å². The molecule has 0 aliphatic rings. The highest BCUT2D eigenvalue weighted by Gasteiger charge is 2.13. The van der Waals surface area contributed by atoms with Crippen LogP contribution in [0.4, 0.5) is 23.3 Å². The van der Waals surface area contributed by atoms with Crippen molar-refractivity contribution in [3.8, 4) is 5.75 Å². The van der Waals surface area contributed by atoms with Gasteiger partial charge in [-0.15, -0.1) is 0 Å². The number of hydrazine groups is 2. The molecule has 1 aromatic carbocycles. The number of hydrogen-bond acceptors (Lipinski definition) is 8. The molecule has 0 aliphatic heterocycles. The fraction of sp³-hybridized carbons (Fsp3) is 0.286. The topological polar surface area (TPSA) is 123 Å². The third-order valence-electron chi connectivity index (χ3n) is 3.13. The normalized spacial score (nSPS) is 10.2. The molecule has 0 spiro atoms. The molecule has 0 aliphatic carbocycles. The van der Waals surface area contributed by atoms with Crippen LogP contribution in [-0.4, -0.2) is 17.1 Å². The van der Waals surface area contributed by atoms with Crippen molar-refractivity contribution in [2.45, 2.75) is 19.8 Å². The van der Waals surface area contributed by atoms with Gasteiger partial charge in [0, 0.05) is 5.56 Å². The molecule has 118 valence electrons. The van der Waals surface area contributed by atoms with Gasteiger partial charge in [-0.25, -0.2) is 11.7 Å². The van der Waals surface area contributed by atoms with Gasteiger partial charge in [-0.05, 0) is 18.6 Å². The van der Waals surface area contributed by atoms with Crippen molar-refractivity contribution >= 4 is 23.3 Å². The van der Waals surface area contributed by atoms with E-state index in [-0.39, 0.29) is 0 Å². The lowest BCUT2D eigenvalue weighted by Crippen LogP contribution is -2.18. The Balaban J connectivity index is 2.39. The van der Waals surface area contributed by atoms with E-state index in [0.717, 1.165) is 24.1 Å². The Morgan fingerprint density at radius 3 is 2.27 bits per heavy atom. The number of hydrogen-bond donors (Lipinski definition) is 5. The number of nitrogens with two attached hydrogens (primary N) is 2. The van der Waals surface area contributed by atoms with Crippen LogP contribution in [0.25, 0.3) is 0 Å². The molecule has 1 heterocycles. The van der Waals surface area contributed by atoms with Gasteiger partial charge in [0.1, 0.15) is 5.75 Å². The van der Waals surface area contributed by atoms with E-state index in [4.69, 9.17) is 16.4 Å². The average molecular weight is 303 g/mol. The zero-order chi connectivity index (χ0) is 15.9. The molecular formula is C14H21N7O. The molecule has 22 heavy (non-hydrogen) atoms. The Morgan fingerprint density at radius 1 is 1.09 bits per heavy atom. The zero-order valence-corrected chi connectivity index (χ0v) is 12.7. The number of nitrogens with zero attached hydrogens (tertiary/aromatic N) is 2. The number of methoxy groups -OCH3 is 1. The summed E-state index contributed by atoms with van der Waals surface area (Å²) in [6.07, 6.45) is 1.68. The van der Waals surface area contributed by atoms with E-state index in [2.05, 4.69) is 33.1 Å². The molecular weight excluding hydrogens is 282 g/mol. The second kappa shape index (κ2) is 7.43. The number of aromatic nitrogens is 2. The number of anilines is 4. The highest BCUT2D eigenvalue weighted by atomic mass is 16.5. The van der Waals surface area contributed by atoms with E-state index in [1.54, 1.807) is 7.11 Å². The molecule has 1 aromatic heterocycles. The molecule has 2 rings (SSSR count). The summed E-state index contributed by atoms with van der Waals surface area (Å²) in [5, 5.41) is 3.10. The van der Waals surface area contributed by atoms with Crippen molar-refractivity contribution in [1.29, 1.82) is 0 Å². The number of nitrogen functional groups attached to an aromatic ring is 2. The van der Waals surface area contributed by atoms with Crippen molar-refractivity contribution in [3.05, 3.63) is 29.8 Å². The van der Waals surface area contributed by atoms with E-state index in [1.165, 1.54) is 0 Å². The van der Waals surface area contributed by atoms with Gasteiger partial charge in [0.25, 0.3) is 0 Å². The second-order valence-corrected chi connectivity index (χ2v) is 4.59. The lowest BCUT2D eigenvalue weighted by molar-refractivity contribution is 0.417. The first kappa shape index (κ1) is 15.8. The van der Waals surface area contributed by atoms with E-state index in [9.17, 15) is 0 Å². The molecule has 0 unspecified atom stereocenters. The van der Waals surface area contributed by atoms with Gasteiger partial charge in [-0.1, -0.05) is 25.5 Å². The Labute approximate surface area is 129 Å². The van der Waals surface area contributed by atoms with E-state index < -0.39 is 0 Å². The summed E-state index contributed by atoms with van der Waals surface area (Å²) in [5.74, 6) is 13.2. The van der Waals surface area contributed by atoms with Gasteiger partial charge >= 0.3 is 0 Å². The molecule has 0 saturated heterocycles. The minimum atomic E-state index is 0.366. The summed E-state index contributed by atoms with van der Waals surface area (Å²) >= 11 is 0. The first-order valence-corrected chi connectivity index (χ1v) is 6.97. The van der Waals surface area contributed by atoms with Crippen molar-refractivity contribution < 1.29 is 4.74 Å². The molecule has 8 nitrogen and oxygen atoms in total. The fourth-order valence-electron chi connectivity index (χ4n) is 2.13. The smallest absolute Gasteiger partial charge is 0.231 e. The molecule has 8 heteroatoms. The third kappa shape index (κ3) is 3.35. The maximum Gasteiger partial charge on any atom is 0.231 e. The Hall–Kier alpha value is -2.58. The van der Waals surface area contributed by atoms with Crippen LogP contribution in [0.3, 0.4) is 0 Å².